The van der Waals surface area contributed by atoms with Gasteiger partial charge in [-0.3, -0.25) is 10.1 Å². The third-order valence-corrected chi connectivity index (χ3v) is 5.62. The second-order valence-electron chi connectivity index (χ2n) is 6.84. The molecule has 2 atom stereocenters. The molecule has 0 aliphatic carbocycles. The number of rotatable bonds is 3. The van der Waals surface area contributed by atoms with Gasteiger partial charge in [0.25, 0.3) is 5.69 Å². The molecule has 9 heteroatoms. The second kappa shape index (κ2) is 6.92. The van der Waals surface area contributed by atoms with Crippen LogP contribution in [0.3, 0.4) is 0 Å². The van der Waals surface area contributed by atoms with Crippen LogP contribution >= 0.6 is 23.2 Å². The van der Waals surface area contributed by atoms with Gasteiger partial charge in [0.05, 0.1) is 39.8 Å². The first kappa shape index (κ1) is 19.0. The first-order valence-electron chi connectivity index (χ1n) is 8.57. The van der Waals surface area contributed by atoms with Gasteiger partial charge in [-0.15, -0.1) is 0 Å². The van der Waals surface area contributed by atoms with E-state index in [-0.39, 0.29) is 27.5 Å². The SMILES string of the molecule is COc1cc([N+](=O)[O-])c([C@@H]2NC(C)Cc3c2[nH]c2cc(Cl)c(F)cc32)cc1Cl. The number of nitro benzene ring substituents is 1. The number of aromatic nitrogens is 1. The summed E-state index contributed by atoms with van der Waals surface area (Å²) in [7, 11) is 1.40. The van der Waals surface area contributed by atoms with Gasteiger partial charge in [0.1, 0.15) is 11.6 Å². The number of nitrogens with one attached hydrogen (secondary N) is 2. The van der Waals surface area contributed by atoms with E-state index in [1.165, 1.54) is 31.4 Å². The number of benzene rings is 2. The molecule has 1 aliphatic heterocycles. The molecule has 0 amide bonds. The highest BCUT2D eigenvalue weighted by atomic mass is 35.5. The van der Waals surface area contributed by atoms with Gasteiger partial charge in [-0.05, 0) is 37.1 Å². The monoisotopic (exact) mass is 423 g/mol. The van der Waals surface area contributed by atoms with Crippen LogP contribution < -0.4 is 10.1 Å². The quantitative estimate of drug-likeness (QED) is 0.450. The van der Waals surface area contributed by atoms with Crippen LogP contribution in [0.5, 0.6) is 5.75 Å². The van der Waals surface area contributed by atoms with Gasteiger partial charge in [0.15, 0.2) is 0 Å². The van der Waals surface area contributed by atoms with Crippen molar-refractivity contribution in [3.05, 3.63) is 67.1 Å². The number of nitrogens with zero attached hydrogens (tertiary/aromatic N) is 1. The first-order valence-corrected chi connectivity index (χ1v) is 9.33. The molecule has 2 aromatic carbocycles. The fourth-order valence-corrected chi connectivity index (χ4v) is 4.23. The van der Waals surface area contributed by atoms with E-state index in [4.69, 9.17) is 27.9 Å². The Morgan fingerprint density at radius 1 is 1.25 bits per heavy atom. The van der Waals surface area contributed by atoms with Crippen molar-refractivity contribution in [1.29, 1.82) is 0 Å². The van der Waals surface area contributed by atoms with Crippen molar-refractivity contribution in [3.63, 3.8) is 0 Å². The van der Waals surface area contributed by atoms with Gasteiger partial charge in [-0.1, -0.05) is 23.2 Å². The van der Waals surface area contributed by atoms with Crippen LogP contribution in [-0.4, -0.2) is 23.1 Å². The lowest BCUT2D eigenvalue weighted by atomic mass is 9.90. The molecule has 2 heterocycles. The predicted molar refractivity (Wildman–Crippen MR) is 106 cm³/mol. The molecular weight excluding hydrogens is 408 g/mol. The number of hydrogen-bond donors (Lipinski definition) is 2. The largest absolute Gasteiger partial charge is 0.495 e. The van der Waals surface area contributed by atoms with Crippen LogP contribution in [-0.2, 0) is 6.42 Å². The minimum atomic E-state index is -0.517. The molecule has 0 fully saturated rings. The van der Waals surface area contributed by atoms with Gasteiger partial charge < -0.3 is 15.0 Å². The molecule has 0 saturated carbocycles. The second-order valence-corrected chi connectivity index (χ2v) is 7.65. The maximum absolute atomic E-state index is 14.0. The molecule has 0 saturated heterocycles. The van der Waals surface area contributed by atoms with Gasteiger partial charge in [-0.2, -0.15) is 0 Å². The lowest BCUT2D eigenvalue weighted by Crippen LogP contribution is -2.38. The summed E-state index contributed by atoms with van der Waals surface area (Å²) in [6.07, 6.45) is 0.643. The topological polar surface area (TPSA) is 80.2 Å². The van der Waals surface area contributed by atoms with E-state index in [9.17, 15) is 14.5 Å². The van der Waals surface area contributed by atoms with Crippen molar-refractivity contribution in [2.45, 2.75) is 25.4 Å². The third-order valence-electron chi connectivity index (χ3n) is 5.04. The molecule has 0 spiro atoms. The molecule has 1 aliphatic rings. The van der Waals surface area contributed by atoms with Crippen molar-refractivity contribution in [2.75, 3.05) is 7.11 Å². The summed E-state index contributed by atoms with van der Waals surface area (Å²) in [6.45, 7) is 1.97. The zero-order valence-corrected chi connectivity index (χ0v) is 16.5. The summed E-state index contributed by atoms with van der Waals surface area (Å²) in [5, 5.41) is 16.1. The number of H-pyrrole nitrogens is 1. The molecule has 28 heavy (non-hydrogen) atoms. The highest BCUT2D eigenvalue weighted by molar-refractivity contribution is 6.32. The Hall–Kier alpha value is -2.35. The average molecular weight is 424 g/mol. The van der Waals surface area contributed by atoms with Gasteiger partial charge in [0, 0.05) is 22.6 Å². The molecule has 0 bridgehead atoms. The highest BCUT2D eigenvalue weighted by Gasteiger charge is 2.34. The average Bonchev–Trinajstić information content (AvgIpc) is 2.98. The maximum Gasteiger partial charge on any atom is 0.278 e. The number of ether oxygens (including phenoxy) is 1. The predicted octanol–water partition coefficient (Wildman–Crippen LogP) is 5.15. The minimum Gasteiger partial charge on any atom is -0.495 e. The Balaban J connectivity index is 1.96. The lowest BCUT2D eigenvalue weighted by Gasteiger charge is -2.29. The summed E-state index contributed by atoms with van der Waals surface area (Å²) in [5.41, 5.74) is 2.62. The van der Waals surface area contributed by atoms with E-state index < -0.39 is 16.8 Å². The van der Waals surface area contributed by atoms with Gasteiger partial charge in [-0.25, -0.2) is 4.39 Å². The van der Waals surface area contributed by atoms with E-state index in [0.29, 0.717) is 17.5 Å². The summed E-state index contributed by atoms with van der Waals surface area (Å²) in [5.74, 6) is -0.274. The van der Waals surface area contributed by atoms with Crippen molar-refractivity contribution in [2.24, 2.45) is 0 Å². The van der Waals surface area contributed by atoms with E-state index >= 15 is 0 Å². The van der Waals surface area contributed by atoms with E-state index in [1.807, 2.05) is 6.92 Å². The van der Waals surface area contributed by atoms with Crippen LogP contribution in [0.25, 0.3) is 10.9 Å². The minimum absolute atomic E-state index is 0.00993. The Bertz CT molecular complexity index is 1120. The molecule has 4 rings (SSSR count). The number of hydrogen-bond acceptors (Lipinski definition) is 4. The Kier molecular flexibility index (Phi) is 4.69. The number of nitro groups is 1. The summed E-state index contributed by atoms with van der Waals surface area (Å²) >= 11 is 12.2. The molecule has 6 nitrogen and oxygen atoms in total. The zero-order chi connectivity index (χ0) is 20.2. The molecule has 3 aromatic rings. The summed E-state index contributed by atoms with van der Waals surface area (Å²) in [4.78, 5) is 14.5. The van der Waals surface area contributed by atoms with Crippen molar-refractivity contribution in [3.8, 4) is 5.75 Å². The molecule has 1 unspecified atom stereocenters. The lowest BCUT2D eigenvalue weighted by molar-refractivity contribution is -0.385. The number of fused-ring (bicyclic) bond motifs is 3. The molecule has 1 aromatic heterocycles. The van der Waals surface area contributed by atoms with E-state index in [0.717, 1.165) is 16.6 Å². The van der Waals surface area contributed by atoms with E-state index in [2.05, 4.69) is 10.3 Å². The van der Waals surface area contributed by atoms with Crippen LogP contribution in [0.4, 0.5) is 10.1 Å². The smallest absolute Gasteiger partial charge is 0.278 e. The van der Waals surface area contributed by atoms with E-state index in [1.54, 1.807) is 0 Å². The van der Waals surface area contributed by atoms with Gasteiger partial charge >= 0.3 is 0 Å². The highest BCUT2D eigenvalue weighted by Crippen LogP contribution is 2.42. The Morgan fingerprint density at radius 2 is 2.00 bits per heavy atom. The van der Waals surface area contributed by atoms with Crippen molar-refractivity contribution >= 4 is 39.8 Å². The Labute approximate surface area is 169 Å². The standard InChI is InChI=1S/C19H16Cl2FN3O3/c1-8-3-10-9-5-14(22)12(20)6-15(9)24-18(10)19(23-8)11-4-13(21)17(28-2)7-16(11)25(26)27/h4-8,19,23-24H,3H2,1-2H3/t8?,19-/m0/s1. The molecule has 146 valence electrons. The zero-order valence-electron chi connectivity index (χ0n) is 15.0. The van der Waals surface area contributed by atoms with Crippen LogP contribution in [0.1, 0.15) is 29.8 Å². The first-order chi connectivity index (χ1) is 13.3. The van der Waals surface area contributed by atoms with Crippen LogP contribution in [0.2, 0.25) is 10.0 Å². The Morgan fingerprint density at radius 3 is 2.68 bits per heavy atom. The normalized spacial score (nSPS) is 18.9. The molecule has 0 radical (unpaired) electrons. The molecular formula is C19H16Cl2FN3O3. The van der Waals surface area contributed by atoms with Crippen LogP contribution in [0.15, 0.2) is 24.3 Å². The summed E-state index contributed by atoms with van der Waals surface area (Å²) < 4.78 is 19.2. The van der Waals surface area contributed by atoms with Crippen molar-refractivity contribution < 1.29 is 14.1 Å². The fraction of sp³-hybridized carbons (Fsp3) is 0.263. The fourth-order valence-electron chi connectivity index (χ4n) is 3.81. The van der Waals surface area contributed by atoms with Crippen molar-refractivity contribution in [1.82, 2.24) is 10.3 Å². The van der Waals surface area contributed by atoms with Gasteiger partial charge in [0.2, 0.25) is 0 Å². The third kappa shape index (κ3) is 2.99. The number of halogens is 3. The number of methoxy groups -OCH3 is 1. The maximum atomic E-state index is 14.0. The van der Waals surface area contributed by atoms with Crippen LogP contribution in [0, 0.1) is 15.9 Å². The summed E-state index contributed by atoms with van der Waals surface area (Å²) in [6, 6.07) is 5.28. The molecule has 2 N–H and O–H groups in total. The number of aromatic amines is 1.